The Morgan fingerprint density at radius 2 is 2.17 bits per heavy atom. The lowest BCUT2D eigenvalue weighted by molar-refractivity contribution is 0.447. The van der Waals surface area contributed by atoms with Crippen LogP contribution >= 0.6 is 11.6 Å². The Kier molecular flexibility index (Phi) is 4.08. The van der Waals surface area contributed by atoms with Crippen molar-refractivity contribution >= 4 is 23.1 Å². The summed E-state index contributed by atoms with van der Waals surface area (Å²) in [6, 6.07) is 6.19. The zero-order valence-electron chi connectivity index (χ0n) is 13.5. The summed E-state index contributed by atoms with van der Waals surface area (Å²) in [4.78, 5) is 15.9. The van der Waals surface area contributed by atoms with Crippen molar-refractivity contribution in [2.75, 3.05) is 25.0 Å². The number of likely N-dealkylation sites (N-methyl/N-ethyl adjacent to an activating group) is 1. The molecule has 1 unspecified atom stereocenters. The lowest BCUT2D eigenvalue weighted by atomic mass is 10.1. The highest BCUT2D eigenvalue weighted by Gasteiger charge is 2.20. The molecule has 24 heavy (non-hydrogen) atoms. The highest BCUT2D eigenvalue weighted by molar-refractivity contribution is 6.30. The maximum absolute atomic E-state index is 6.12. The van der Waals surface area contributed by atoms with Gasteiger partial charge in [0.25, 0.3) is 0 Å². The van der Waals surface area contributed by atoms with E-state index in [9.17, 15) is 0 Å². The molecule has 1 aliphatic heterocycles. The minimum atomic E-state index is 0.506. The number of aromatic nitrogens is 4. The summed E-state index contributed by atoms with van der Waals surface area (Å²) in [7, 11) is 2.02. The average molecular weight is 343 g/mol. The van der Waals surface area contributed by atoms with Gasteiger partial charge in [-0.05, 0) is 38.1 Å². The lowest BCUT2D eigenvalue weighted by Crippen LogP contribution is -2.44. The molecule has 0 spiro atoms. The third-order valence-corrected chi connectivity index (χ3v) is 4.72. The molecule has 124 valence electrons. The molecule has 0 aromatic carbocycles. The lowest BCUT2D eigenvalue weighted by Gasteiger charge is -2.33. The number of hydrogen-bond donors (Lipinski definition) is 1. The molecular weight excluding hydrogens is 324 g/mol. The van der Waals surface area contributed by atoms with E-state index >= 15 is 0 Å². The number of nitrogens with zero attached hydrogens (tertiary/aromatic N) is 5. The van der Waals surface area contributed by atoms with Gasteiger partial charge in [-0.2, -0.15) is 0 Å². The summed E-state index contributed by atoms with van der Waals surface area (Å²) in [6.45, 7) is 1.99. The molecule has 0 radical (unpaired) electrons. The van der Waals surface area contributed by atoms with Gasteiger partial charge in [-0.15, -0.1) is 0 Å². The van der Waals surface area contributed by atoms with E-state index in [0.717, 1.165) is 36.7 Å². The van der Waals surface area contributed by atoms with E-state index in [0.29, 0.717) is 16.9 Å². The van der Waals surface area contributed by atoms with Gasteiger partial charge in [0.2, 0.25) is 0 Å². The van der Waals surface area contributed by atoms with Crippen LogP contribution in [0.25, 0.3) is 17.2 Å². The van der Waals surface area contributed by atoms with Gasteiger partial charge in [-0.25, -0.2) is 15.0 Å². The SMILES string of the molecule is CNC1CCCN(c2ccnc(-c3cnc4ccc(Cl)cn34)n2)C1. The van der Waals surface area contributed by atoms with Gasteiger partial charge in [0.15, 0.2) is 5.82 Å². The molecule has 7 heteroatoms. The monoisotopic (exact) mass is 342 g/mol. The van der Waals surface area contributed by atoms with Gasteiger partial charge < -0.3 is 10.2 Å². The molecule has 0 saturated carbocycles. The Balaban J connectivity index is 1.70. The Hall–Kier alpha value is -2.18. The van der Waals surface area contributed by atoms with Crippen molar-refractivity contribution in [3.8, 4) is 11.5 Å². The maximum Gasteiger partial charge on any atom is 0.180 e. The fourth-order valence-electron chi connectivity index (χ4n) is 3.19. The Morgan fingerprint density at radius 1 is 1.25 bits per heavy atom. The summed E-state index contributed by atoms with van der Waals surface area (Å²) in [5.41, 5.74) is 1.67. The zero-order chi connectivity index (χ0) is 16.5. The number of nitrogens with one attached hydrogen (secondary N) is 1. The fraction of sp³-hybridized carbons (Fsp3) is 0.353. The summed E-state index contributed by atoms with van der Waals surface area (Å²) in [6.07, 6.45) is 7.81. The summed E-state index contributed by atoms with van der Waals surface area (Å²) in [5, 5.41) is 4.02. The molecule has 4 heterocycles. The smallest absolute Gasteiger partial charge is 0.180 e. The summed E-state index contributed by atoms with van der Waals surface area (Å²) < 4.78 is 1.92. The van der Waals surface area contributed by atoms with Crippen molar-refractivity contribution < 1.29 is 0 Å². The summed E-state index contributed by atoms with van der Waals surface area (Å²) in [5.74, 6) is 1.62. The quantitative estimate of drug-likeness (QED) is 0.793. The van der Waals surface area contributed by atoms with Crippen molar-refractivity contribution in [2.45, 2.75) is 18.9 Å². The van der Waals surface area contributed by atoms with Crippen molar-refractivity contribution in [3.05, 3.63) is 41.8 Å². The molecule has 3 aromatic rings. The molecule has 3 aromatic heterocycles. The minimum absolute atomic E-state index is 0.506. The van der Waals surface area contributed by atoms with Crippen molar-refractivity contribution in [2.24, 2.45) is 0 Å². The normalized spacial score (nSPS) is 18.2. The Labute approximate surface area is 145 Å². The third kappa shape index (κ3) is 2.83. The van der Waals surface area contributed by atoms with Gasteiger partial charge in [0.05, 0.1) is 11.2 Å². The second-order valence-electron chi connectivity index (χ2n) is 6.03. The second-order valence-corrected chi connectivity index (χ2v) is 6.47. The van der Waals surface area contributed by atoms with E-state index < -0.39 is 0 Å². The second kappa shape index (κ2) is 6.37. The van der Waals surface area contributed by atoms with Gasteiger partial charge in [-0.3, -0.25) is 4.40 Å². The largest absolute Gasteiger partial charge is 0.355 e. The average Bonchev–Trinajstić information content (AvgIpc) is 3.05. The molecule has 1 atom stereocenters. The molecule has 1 fully saturated rings. The van der Waals surface area contributed by atoms with Crippen LogP contribution < -0.4 is 10.2 Å². The first kappa shape index (κ1) is 15.4. The number of pyridine rings is 1. The van der Waals surface area contributed by atoms with Crippen LogP contribution in [0.3, 0.4) is 0 Å². The molecule has 0 aliphatic carbocycles. The van der Waals surface area contributed by atoms with Crippen LogP contribution in [0, 0.1) is 0 Å². The molecule has 1 N–H and O–H groups in total. The van der Waals surface area contributed by atoms with Gasteiger partial charge in [0, 0.05) is 31.5 Å². The van der Waals surface area contributed by atoms with Crippen LogP contribution in [-0.4, -0.2) is 45.5 Å². The first-order valence-corrected chi connectivity index (χ1v) is 8.50. The molecule has 1 saturated heterocycles. The minimum Gasteiger partial charge on any atom is -0.355 e. The van der Waals surface area contributed by atoms with Crippen LogP contribution in [0.15, 0.2) is 36.8 Å². The van der Waals surface area contributed by atoms with Crippen molar-refractivity contribution in [1.82, 2.24) is 24.7 Å². The number of rotatable bonds is 3. The van der Waals surface area contributed by atoms with Crippen molar-refractivity contribution in [1.29, 1.82) is 0 Å². The molecule has 6 nitrogen and oxygen atoms in total. The van der Waals surface area contributed by atoms with E-state index in [1.165, 1.54) is 6.42 Å². The molecule has 0 bridgehead atoms. The number of anilines is 1. The number of fused-ring (bicyclic) bond motifs is 1. The molecular formula is C17H19ClN6. The van der Waals surface area contributed by atoms with E-state index in [-0.39, 0.29) is 0 Å². The Bertz CT molecular complexity index is 861. The van der Waals surface area contributed by atoms with Crippen LogP contribution in [0.5, 0.6) is 0 Å². The van der Waals surface area contributed by atoms with Gasteiger partial charge in [0.1, 0.15) is 17.2 Å². The van der Waals surface area contributed by atoms with Crippen molar-refractivity contribution in [3.63, 3.8) is 0 Å². The van der Waals surface area contributed by atoms with E-state index in [1.807, 2.05) is 42.0 Å². The predicted octanol–water partition coefficient (Wildman–Crippen LogP) is 2.63. The number of hydrogen-bond acceptors (Lipinski definition) is 5. The van der Waals surface area contributed by atoms with Crippen LogP contribution in [0.4, 0.5) is 5.82 Å². The topological polar surface area (TPSA) is 58.3 Å². The number of piperidine rings is 1. The molecule has 1 aliphatic rings. The van der Waals surface area contributed by atoms with Gasteiger partial charge >= 0.3 is 0 Å². The first-order valence-electron chi connectivity index (χ1n) is 8.13. The molecule has 0 amide bonds. The van der Waals surface area contributed by atoms with Crippen LogP contribution in [0.2, 0.25) is 5.02 Å². The highest BCUT2D eigenvalue weighted by atomic mass is 35.5. The predicted molar refractivity (Wildman–Crippen MR) is 95.5 cm³/mol. The molecule has 4 rings (SSSR count). The van der Waals surface area contributed by atoms with Crippen LogP contribution in [-0.2, 0) is 0 Å². The van der Waals surface area contributed by atoms with Crippen LogP contribution in [0.1, 0.15) is 12.8 Å². The standard InChI is InChI=1S/C17H19ClN6/c1-19-13-3-2-8-23(11-13)16-6-7-20-17(22-16)14-9-21-15-5-4-12(18)10-24(14)15/h4-7,9-10,13,19H,2-3,8,11H2,1H3. The third-order valence-electron chi connectivity index (χ3n) is 4.49. The number of halogens is 1. The Morgan fingerprint density at radius 3 is 3.04 bits per heavy atom. The zero-order valence-corrected chi connectivity index (χ0v) is 14.2. The van der Waals surface area contributed by atoms with E-state index in [4.69, 9.17) is 16.6 Å². The maximum atomic E-state index is 6.12. The number of imidazole rings is 1. The highest BCUT2D eigenvalue weighted by Crippen LogP contribution is 2.23. The van der Waals surface area contributed by atoms with Gasteiger partial charge in [-0.1, -0.05) is 11.6 Å². The first-order chi connectivity index (χ1) is 11.7. The summed E-state index contributed by atoms with van der Waals surface area (Å²) >= 11 is 6.12. The fourth-order valence-corrected chi connectivity index (χ4v) is 3.35. The van der Waals surface area contributed by atoms with E-state index in [2.05, 4.69) is 20.2 Å². The van der Waals surface area contributed by atoms with E-state index in [1.54, 1.807) is 6.20 Å².